The highest BCUT2D eigenvalue weighted by Gasteiger charge is 2.27. The van der Waals surface area contributed by atoms with Crippen LogP contribution in [-0.4, -0.2) is 45.4 Å². The third kappa shape index (κ3) is 6.52. The first-order valence-corrected chi connectivity index (χ1v) is 9.49. The van der Waals surface area contributed by atoms with Crippen molar-refractivity contribution in [1.82, 2.24) is 14.3 Å². The van der Waals surface area contributed by atoms with Crippen LogP contribution in [0, 0.1) is 5.92 Å². The van der Waals surface area contributed by atoms with Crippen LogP contribution in [0.3, 0.4) is 0 Å². The lowest BCUT2D eigenvalue weighted by Gasteiger charge is -2.31. The maximum absolute atomic E-state index is 12.1. The summed E-state index contributed by atoms with van der Waals surface area (Å²) < 4.78 is 28.5. The van der Waals surface area contributed by atoms with Crippen LogP contribution in [0.1, 0.15) is 52.4 Å². The lowest BCUT2D eigenvalue weighted by atomic mass is 9.98. The second kappa shape index (κ2) is 9.71. The largest absolute Gasteiger partial charge is 0.316 e. The third-order valence-corrected chi connectivity index (χ3v) is 5.45. The standard InChI is InChI=1S/C14H31N3O2S/c1-3-5-6-10-16-20(18,19)17-11-7-14(8-12-17)13-15-9-4-2/h14-16H,3-13H2,1-2H3. The van der Waals surface area contributed by atoms with Gasteiger partial charge in [0.15, 0.2) is 0 Å². The second-order valence-corrected chi connectivity index (χ2v) is 7.41. The van der Waals surface area contributed by atoms with Crippen molar-refractivity contribution >= 4 is 10.2 Å². The Morgan fingerprint density at radius 2 is 1.75 bits per heavy atom. The summed E-state index contributed by atoms with van der Waals surface area (Å²) in [5.74, 6) is 0.619. The van der Waals surface area contributed by atoms with Gasteiger partial charge in [0.2, 0.25) is 0 Å². The van der Waals surface area contributed by atoms with Gasteiger partial charge in [-0.15, -0.1) is 0 Å². The van der Waals surface area contributed by atoms with E-state index in [0.717, 1.165) is 51.6 Å². The van der Waals surface area contributed by atoms with Gasteiger partial charge in [0.1, 0.15) is 0 Å². The van der Waals surface area contributed by atoms with Crippen LogP contribution >= 0.6 is 0 Å². The molecular formula is C14H31N3O2S. The molecule has 0 saturated carbocycles. The van der Waals surface area contributed by atoms with Crippen molar-refractivity contribution < 1.29 is 8.42 Å². The smallest absolute Gasteiger partial charge is 0.279 e. The fourth-order valence-corrected chi connectivity index (χ4v) is 3.78. The summed E-state index contributed by atoms with van der Waals surface area (Å²) in [6.45, 7) is 8.22. The molecule has 20 heavy (non-hydrogen) atoms. The van der Waals surface area contributed by atoms with Crippen molar-refractivity contribution in [2.45, 2.75) is 52.4 Å². The summed E-state index contributed by atoms with van der Waals surface area (Å²) in [6.07, 6.45) is 6.19. The number of piperidine rings is 1. The summed E-state index contributed by atoms with van der Waals surface area (Å²) in [7, 11) is -3.25. The molecule has 0 spiro atoms. The van der Waals surface area contributed by atoms with Gasteiger partial charge in [0, 0.05) is 19.6 Å². The Morgan fingerprint density at radius 3 is 2.35 bits per heavy atom. The topological polar surface area (TPSA) is 61.4 Å². The molecule has 1 saturated heterocycles. The van der Waals surface area contributed by atoms with E-state index in [-0.39, 0.29) is 0 Å². The van der Waals surface area contributed by atoms with Crippen molar-refractivity contribution in [3.63, 3.8) is 0 Å². The normalized spacial score (nSPS) is 18.5. The van der Waals surface area contributed by atoms with Gasteiger partial charge in [-0.2, -0.15) is 12.7 Å². The van der Waals surface area contributed by atoms with Crippen molar-refractivity contribution in [2.24, 2.45) is 5.92 Å². The number of rotatable bonds is 10. The fourth-order valence-electron chi connectivity index (χ4n) is 2.50. The highest BCUT2D eigenvalue weighted by Crippen LogP contribution is 2.18. The quantitative estimate of drug-likeness (QED) is 0.604. The van der Waals surface area contributed by atoms with Crippen LogP contribution in [0.4, 0.5) is 0 Å². The van der Waals surface area contributed by atoms with Crippen molar-refractivity contribution in [3.8, 4) is 0 Å². The summed E-state index contributed by atoms with van der Waals surface area (Å²) in [5, 5.41) is 3.42. The Morgan fingerprint density at radius 1 is 1.05 bits per heavy atom. The summed E-state index contributed by atoms with van der Waals surface area (Å²) in [4.78, 5) is 0. The minimum atomic E-state index is -3.25. The number of unbranched alkanes of at least 4 members (excludes halogenated alkanes) is 2. The van der Waals surface area contributed by atoms with Crippen LogP contribution in [0.15, 0.2) is 0 Å². The molecule has 0 bridgehead atoms. The van der Waals surface area contributed by atoms with Gasteiger partial charge in [-0.05, 0) is 44.7 Å². The predicted molar refractivity (Wildman–Crippen MR) is 83.9 cm³/mol. The van der Waals surface area contributed by atoms with E-state index in [1.54, 1.807) is 4.31 Å². The monoisotopic (exact) mass is 305 g/mol. The lowest BCUT2D eigenvalue weighted by molar-refractivity contribution is 0.265. The zero-order chi connectivity index (χ0) is 14.8. The average molecular weight is 305 g/mol. The van der Waals surface area contributed by atoms with Gasteiger partial charge in [0.25, 0.3) is 10.2 Å². The van der Waals surface area contributed by atoms with Crippen LogP contribution in [0.5, 0.6) is 0 Å². The molecule has 0 unspecified atom stereocenters. The van der Waals surface area contributed by atoms with Gasteiger partial charge >= 0.3 is 0 Å². The van der Waals surface area contributed by atoms with Crippen molar-refractivity contribution in [1.29, 1.82) is 0 Å². The van der Waals surface area contributed by atoms with Crippen molar-refractivity contribution in [2.75, 3.05) is 32.7 Å². The summed E-state index contributed by atoms with van der Waals surface area (Å²) in [5.41, 5.74) is 0. The van der Waals surface area contributed by atoms with Crippen LogP contribution in [-0.2, 0) is 10.2 Å². The molecule has 0 aromatic heterocycles. The van der Waals surface area contributed by atoms with Gasteiger partial charge < -0.3 is 5.32 Å². The molecule has 0 aromatic carbocycles. The van der Waals surface area contributed by atoms with E-state index < -0.39 is 10.2 Å². The number of hydrogen-bond acceptors (Lipinski definition) is 3. The Hall–Kier alpha value is -0.170. The fraction of sp³-hybridized carbons (Fsp3) is 1.00. The predicted octanol–water partition coefficient (Wildman–Crippen LogP) is 1.72. The average Bonchev–Trinajstić information content (AvgIpc) is 2.45. The first-order valence-electron chi connectivity index (χ1n) is 8.05. The van der Waals surface area contributed by atoms with Gasteiger partial charge in [-0.25, -0.2) is 4.72 Å². The lowest BCUT2D eigenvalue weighted by Crippen LogP contribution is -2.46. The van der Waals surface area contributed by atoms with Crippen LogP contribution < -0.4 is 10.0 Å². The van der Waals surface area contributed by atoms with Crippen LogP contribution in [0.2, 0.25) is 0 Å². The number of hydrogen-bond donors (Lipinski definition) is 2. The maximum Gasteiger partial charge on any atom is 0.279 e. The molecule has 0 aliphatic carbocycles. The van der Waals surface area contributed by atoms with E-state index in [2.05, 4.69) is 23.9 Å². The Bertz CT molecular complexity index is 338. The van der Waals surface area contributed by atoms with E-state index in [1.807, 2.05) is 0 Å². The van der Waals surface area contributed by atoms with Crippen LogP contribution in [0.25, 0.3) is 0 Å². The second-order valence-electron chi connectivity index (χ2n) is 5.65. The van der Waals surface area contributed by atoms with Gasteiger partial charge in [-0.1, -0.05) is 26.7 Å². The van der Waals surface area contributed by atoms with Gasteiger partial charge in [-0.3, -0.25) is 0 Å². The molecule has 1 heterocycles. The summed E-state index contributed by atoms with van der Waals surface area (Å²) in [6, 6.07) is 0. The van der Waals surface area contributed by atoms with E-state index in [0.29, 0.717) is 25.6 Å². The molecule has 0 atom stereocenters. The van der Waals surface area contributed by atoms with E-state index in [4.69, 9.17) is 0 Å². The molecular weight excluding hydrogens is 274 g/mol. The zero-order valence-electron chi connectivity index (χ0n) is 13.0. The highest BCUT2D eigenvalue weighted by molar-refractivity contribution is 7.87. The Kier molecular flexibility index (Phi) is 8.68. The van der Waals surface area contributed by atoms with E-state index in [1.165, 1.54) is 0 Å². The molecule has 0 aromatic rings. The SMILES string of the molecule is CCCCCNS(=O)(=O)N1CCC(CNCCC)CC1. The highest BCUT2D eigenvalue weighted by atomic mass is 32.2. The summed E-state index contributed by atoms with van der Waals surface area (Å²) >= 11 is 0. The Balaban J connectivity index is 2.25. The molecule has 6 heteroatoms. The first kappa shape index (κ1) is 17.9. The molecule has 1 aliphatic rings. The molecule has 0 radical (unpaired) electrons. The first-order chi connectivity index (χ1) is 9.60. The third-order valence-electron chi connectivity index (χ3n) is 3.84. The number of nitrogens with zero attached hydrogens (tertiary/aromatic N) is 1. The van der Waals surface area contributed by atoms with Crippen molar-refractivity contribution in [3.05, 3.63) is 0 Å². The molecule has 0 amide bonds. The molecule has 1 aliphatic heterocycles. The molecule has 1 rings (SSSR count). The molecule has 1 fully saturated rings. The number of nitrogens with one attached hydrogen (secondary N) is 2. The Labute approximate surface area is 124 Å². The maximum atomic E-state index is 12.1. The minimum absolute atomic E-state index is 0.564. The minimum Gasteiger partial charge on any atom is -0.316 e. The van der Waals surface area contributed by atoms with E-state index in [9.17, 15) is 8.42 Å². The zero-order valence-corrected chi connectivity index (χ0v) is 13.8. The molecule has 5 nitrogen and oxygen atoms in total. The van der Waals surface area contributed by atoms with Gasteiger partial charge in [0.05, 0.1) is 0 Å². The molecule has 2 N–H and O–H groups in total. The molecule has 120 valence electrons. The van der Waals surface area contributed by atoms with E-state index >= 15 is 0 Å².